The van der Waals surface area contributed by atoms with Crippen LogP contribution in [0.25, 0.3) is 0 Å². The van der Waals surface area contributed by atoms with Gasteiger partial charge in [-0.3, -0.25) is 19.3 Å². The molecule has 5 atom stereocenters. The molecule has 1 saturated carbocycles. The Balaban J connectivity index is 0.00000264. The number of benzene rings is 1. The van der Waals surface area contributed by atoms with Gasteiger partial charge in [-0.1, -0.05) is 18.2 Å². The lowest BCUT2D eigenvalue weighted by Gasteiger charge is -2.45. The van der Waals surface area contributed by atoms with E-state index in [0.29, 0.717) is 18.8 Å². The van der Waals surface area contributed by atoms with E-state index in [1.165, 1.54) is 4.90 Å². The largest absolute Gasteiger partial charge is 0.493 e. The molecule has 0 bridgehead atoms. The topological polar surface area (TPSA) is 103 Å². The van der Waals surface area contributed by atoms with Gasteiger partial charge in [-0.05, 0) is 38.8 Å². The molecule has 44 heavy (non-hydrogen) atoms. The maximum Gasteiger partial charge on any atom is 0.262 e. The molecule has 3 amide bonds. The van der Waals surface area contributed by atoms with E-state index in [9.17, 15) is 31.9 Å². The fourth-order valence-electron chi connectivity index (χ4n) is 6.63. The van der Waals surface area contributed by atoms with Crippen molar-refractivity contribution in [1.29, 1.82) is 0 Å². The van der Waals surface area contributed by atoms with Crippen LogP contribution in [0.1, 0.15) is 57.1 Å². The number of hydrogen-bond donors (Lipinski definition) is 3. The van der Waals surface area contributed by atoms with Crippen LogP contribution in [0.3, 0.4) is 0 Å². The van der Waals surface area contributed by atoms with Crippen molar-refractivity contribution in [2.24, 2.45) is 5.92 Å². The lowest BCUT2D eigenvalue weighted by atomic mass is 9.81. The average Bonchev–Trinajstić information content (AvgIpc) is 3.27. The van der Waals surface area contributed by atoms with Crippen molar-refractivity contribution < 1.29 is 36.7 Å². The number of carbonyl (C=O) groups excluding carboxylic acids is 3. The molecule has 2 saturated heterocycles. The average molecular weight is 671 g/mol. The molecule has 4 aliphatic rings. The second kappa shape index (κ2) is 14.4. The zero-order valence-electron chi connectivity index (χ0n) is 24.7. The minimum absolute atomic E-state index is 0. The van der Waals surface area contributed by atoms with Gasteiger partial charge in [0.05, 0.1) is 25.2 Å². The molecule has 15 heteroatoms. The second-order valence-corrected chi connectivity index (χ2v) is 12.1. The molecule has 3 aliphatic heterocycles. The minimum atomic E-state index is -2.96. The summed E-state index contributed by atoms with van der Waals surface area (Å²) in [6, 6.07) is 3.28. The monoisotopic (exact) mass is 669 g/mol. The predicted octanol–water partition coefficient (Wildman–Crippen LogP) is 3.31. The van der Waals surface area contributed by atoms with Crippen LogP contribution in [-0.2, 0) is 14.4 Å². The standard InChI is InChI=1S/C29H39F4N5O4.2ClH/c1-17(34-2)25(39)36-24(18-7-10-28(30,31)11-8-18)27(41)38-14-19-13-29(32,33)16-37(19)15-22(38)26(40)35-21-9-12-42-23-6-4-3-5-20(21)23;;/h3-6,17-19,21-22,24,34H,7-16H2,1-2H3,(H,35,40)(H,36,39);2*1H/t17-,19+,21+,22?,24-;;/m0../s1. The third-order valence-electron chi connectivity index (χ3n) is 9.16. The number of ether oxygens (including phenoxy) is 1. The van der Waals surface area contributed by atoms with Crippen molar-refractivity contribution in [2.75, 3.05) is 33.3 Å². The Bertz CT molecular complexity index is 1190. The Morgan fingerprint density at radius 1 is 1.00 bits per heavy atom. The molecule has 1 aromatic rings. The summed E-state index contributed by atoms with van der Waals surface area (Å²) in [5, 5.41) is 8.55. The fourth-order valence-corrected chi connectivity index (χ4v) is 6.63. The highest BCUT2D eigenvalue weighted by atomic mass is 35.5. The molecule has 1 aromatic carbocycles. The number of nitrogens with one attached hydrogen (secondary N) is 3. The molecular formula is C29H41Cl2F4N5O4. The van der Waals surface area contributed by atoms with Crippen molar-refractivity contribution in [3.8, 4) is 5.75 Å². The molecule has 5 rings (SSSR count). The highest BCUT2D eigenvalue weighted by Crippen LogP contribution is 2.40. The highest BCUT2D eigenvalue weighted by molar-refractivity contribution is 5.93. The zero-order chi connectivity index (χ0) is 30.2. The summed E-state index contributed by atoms with van der Waals surface area (Å²) >= 11 is 0. The summed E-state index contributed by atoms with van der Waals surface area (Å²) in [6.07, 6.45) is -0.792. The van der Waals surface area contributed by atoms with Gasteiger partial charge in [0, 0.05) is 50.4 Å². The molecule has 248 valence electrons. The number of hydrogen-bond acceptors (Lipinski definition) is 6. The van der Waals surface area contributed by atoms with Crippen molar-refractivity contribution in [1.82, 2.24) is 25.8 Å². The van der Waals surface area contributed by atoms with Crippen LogP contribution in [0.5, 0.6) is 5.75 Å². The predicted molar refractivity (Wildman–Crippen MR) is 160 cm³/mol. The maximum atomic E-state index is 14.5. The van der Waals surface area contributed by atoms with Gasteiger partial charge in [-0.15, -0.1) is 24.8 Å². The van der Waals surface area contributed by atoms with Crippen LogP contribution in [0.15, 0.2) is 24.3 Å². The Hall–Kier alpha value is -2.35. The van der Waals surface area contributed by atoms with E-state index in [-0.39, 0.29) is 50.7 Å². The first-order valence-corrected chi connectivity index (χ1v) is 14.7. The first kappa shape index (κ1) is 36.1. The second-order valence-electron chi connectivity index (χ2n) is 12.1. The van der Waals surface area contributed by atoms with Crippen molar-refractivity contribution in [3.05, 3.63) is 29.8 Å². The van der Waals surface area contributed by atoms with Crippen molar-refractivity contribution >= 4 is 42.5 Å². The van der Waals surface area contributed by atoms with E-state index in [4.69, 9.17) is 4.74 Å². The van der Waals surface area contributed by atoms with Crippen LogP contribution in [-0.4, -0.2) is 96.8 Å². The number of para-hydroxylation sites is 1. The van der Waals surface area contributed by atoms with Crippen LogP contribution in [0, 0.1) is 5.92 Å². The van der Waals surface area contributed by atoms with Gasteiger partial charge < -0.3 is 25.6 Å². The summed E-state index contributed by atoms with van der Waals surface area (Å²) in [7, 11) is 1.58. The summed E-state index contributed by atoms with van der Waals surface area (Å²) in [5.41, 5.74) is 0.783. The Labute approximate surface area is 267 Å². The number of nitrogens with zero attached hydrogens (tertiary/aromatic N) is 2. The van der Waals surface area contributed by atoms with Crippen LogP contribution < -0.4 is 20.7 Å². The van der Waals surface area contributed by atoms with Crippen molar-refractivity contribution in [2.45, 2.75) is 87.5 Å². The van der Waals surface area contributed by atoms with Crippen LogP contribution in [0.2, 0.25) is 0 Å². The third kappa shape index (κ3) is 7.89. The molecule has 0 aromatic heterocycles. The van der Waals surface area contributed by atoms with Gasteiger partial charge in [0.2, 0.25) is 23.6 Å². The SMILES string of the molecule is CN[C@@H](C)C(=O)N[C@H](C(=O)N1C[C@H]2CC(F)(F)CN2CC1C(=O)N[C@@H]1CCOc2ccccc21)C1CCC(F)(F)CC1.Cl.Cl. The van der Waals surface area contributed by atoms with Gasteiger partial charge in [0.25, 0.3) is 5.92 Å². The van der Waals surface area contributed by atoms with Crippen molar-refractivity contribution in [3.63, 3.8) is 0 Å². The number of amides is 3. The van der Waals surface area contributed by atoms with Crippen LogP contribution >= 0.6 is 24.8 Å². The number of fused-ring (bicyclic) bond motifs is 2. The van der Waals surface area contributed by atoms with Gasteiger partial charge in [0.1, 0.15) is 17.8 Å². The van der Waals surface area contributed by atoms with Gasteiger partial charge in [-0.2, -0.15) is 0 Å². The molecule has 1 aliphatic carbocycles. The molecule has 9 nitrogen and oxygen atoms in total. The summed E-state index contributed by atoms with van der Waals surface area (Å²) in [4.78, 5) is 43.9. The number of carbonyl (C=O) groups is 3. The molecule has 1 unspecified atom stereocenters. The Morgan fingerprint density at radius 3 is 2.36 bits per heavy atom. The number of piperazine rings is 1. The van der Waals surface area contributed by atoms with E-state index >= 15 is 0 Å². The smallest absolute Gasteiger partial charge is 0.262 e. The van der Waals surface area contributed by atoms with E-state index in [1.54, 1.807) is 24.9 Å². The maximum absolute atomic E-state index is 14.5. The van der Waals surface area contributed by atoms with Gasteiger partial charge in [-0.25, -0.2) is 17.6 Å². The van der Waals surface area contributed by atoms with E-state index in [2.05, 4.69) is 16.0 Å². The highest BCUT2D eigenvalue weighted by Gasteiger charge is 2.53. The summed E-state index contributed by atoms with van der Waals surface area (Å²) < 4.78 is 62.7. The van der Waals surface area contributed by atoms with E-state index in [0.717, 1.165) is 5.56 Å². The summed E-state index contributed by atoms with van der Waals surface area (Å²) in [6.45, 7) is 1.24. The Kier molecular flexibility index (Phi) is 11.8. The minimum Gasteiger partial charge on any atom is -0.493 e. The summed E-state index contributed by atoms with van der Waals surface area (Å²) in [5.74, 6) is -7.35. The number of alkyl halides is 4. The third-order valence-corrected chi connectivity index (χ3v) is 9.16. The molecule has 3 fully saturated rings. The Morgan fingerprint density at radius 2 is 1.68 bits per heavy atom. The van der Waals surface area contributed by atoms with Gasteiger partial charge in [0.15, 0.2) is 0 Å². The first-order valence-electron chi connectivity index (χ1n) is 14.7. The lowest BCUT2D eigenvalue weighted by molar-refractivity contribution is -0.150. The van der Waals surface area contributed by atoms with E-state index < -0.39 is 91.5 Å². The molecular weight excluding hydrogens is 629 g/mol. The lowest BCUT2D eigenvalue weighted by Crippen LogP contribution is -2.66. The number of rotatable bonds is 7. The molecule has 3 N–H and O–H groups in total. The first-order chi connectivity index (χ1) is 19.9. The molecule has 0 spiro atoms. The normalized spacial score (nSPS) is 27.2. The number of likely N-dealkylation sites (N-methyl/N-ethyl adjacent to an activating group) is 1. The molecule has 0 radical (unpaired) electrons. The van der Waals surface area contributed by atoms with Crippen LogP contribution in [0.4, 0.5) is 17.6 Å². The number of halogens is 6. The van der Waals surface area contributed by atoms with E-state index in [1.807, 2.05) is 18.2 Å². The zero-order valence-corrected chi connectivity index (χ0v) is 26.3. The van der Waals surface area contributed by atoms with Gasteiger partial charge >= 0.3 is 0 Å². The fraction of sp³-hybridized carbons (Fsp3) is 0.690. The molecule has 3 heterocycles. The quantitative estimate of drug-likeness (QED) is 0.385.